The molecule has 0 spiro atoms. The van der Waals surface area contributed by atoms with Crippen LogP contribution in [0.25, 0.3) is 0 Å². The first kappa shape index (κ1) is 21.3. The van der Waals surface area contributed by atoms with E-state index in [4.69, 9.17) is 0 Å². The number of nitrogens with zero attached hydrogens (tertiary/aromatic N) is 2. The molecule has 1 atom stereocenters. The summed E-state index contributed by atoms with van der Waals surface area (Å²) in [5.74, 6) is 0.229. The standard InChI is InChI=1S/C22H34N2O3S/c1-2-20-9-5-8-18-24(20)22(25)15-12-19-10-13-21(14-11-19)28(26,27)23-16-6-3-4-7-17-23/h10-11,13-14,20H,2-9,12,15-18H2,1H3. The number of sulfonamides is 1. The zero-order valence-corrected chi connectivity index (χ0v) is 17.9. The van der Waals surface area contributed by atoms with Crippen LogP contribution in [-0.2, 0) is 21.2 Å². The summed E-state index contributed by atoms with van der Waals surface area (Å²) in [4.78, 5) is 15.1. The Morgan fingerprint density at radius 3 is 2.25 bits per heavy atom. The number of aryl methyl sites for hydroxylation is 1. The molecule has 2 fully saturated rings. The summed E-state index contributed by atoms with van der Waals surface area (Å²) in [7, 11) is -3.40. The van der Waals surface area contributed by atoms with Gasteiger partial charge in [0.1, 0.15) is 0 Å². The van der Waals surface area contributed by atoms with E-state index in [2.05, 4.69) is 11.8 Å². The molecule has 3 rings (SSSR count). The van der Waals surface area contributed by atoms with Crippen molar-refractivity contribution in [3.63, 3.8) is 0 Å². The maximum Gasteiger partial charge on any atom is 0.243 e. The fourth-order valence-electron chi connectivity index (χ4n) is 4.41. The summed E-state index contributed by atoms with van der Waals surface area (Å²) >= 11 is 0. The Balaban J connectivity index is 1.59. The molecule has 0 bridgehead atoms. The van der Waals surface area contributed by atoms with Crippen molar-refractivity contribution in [3.05, 3.63) is 29.8 Å². The van der Waals surface area contributed by atoms with E-state index in [1.807, 2.05) is 12.1 Å². The van der Waals surface area contributed by atoms with E-state index in [1.54, 1.807) is 16.4 Å². The summed E-state index contributed by atoms with van der Waals surface area (Å²) < 4.78 is 27.3. The molecule has 0 aromatic heterocycles. The van der Waals surface area contributed by atoms with Gasteiger partial charge >= 0.3 is 0 Å². The molecule has 28 heavy (non-hydrogen) atoms. The molecule has 0 aliphatic carbocycles. The minimum absolute atomic E-state index is 0.229. The third-order valence-corrected chi connectivity index (χ3v) is 8.09. The summed E-state index contributed by atoms with van der Waals surface area (Å²) in [6.45, 7) is 4.27. The Labute approximate surface area is 170 Å². The van der Waals surface area contributed by atoms with Crippen LogP contribution >= 0.6 is 0 Å². The highest BCUT2D eigenvalue weighted by Crippen LogP contribution is 2.23. The van der Waals surface area contributed by atoms with Crippen LogP contribution in [0.4, 0.5) is 0 Å². The smallest absolute Gasteiger partial charge is 0.243 e. The molecule has 0 N–H and O–H groups in total. The molecule has 0 radical (unpaired) electrons. The van der Waals surface area contributed by atoms with Crippen LogP contribution in [0, 0.1) is 0 Å². The monoisotopic (exact) mass is 406 g/mol. The average Bonchev–Trinajstić information content (AvgIpc) is 3.02. The van der Waals surface area contributed by atoms with E-state index in [0.717, 1.165) is 57.1 Å². The van der Waals surface area contributed by atoms with Crippen molar-refractivity contribution in [2.45, 2.75) is 82.1 Å². The van der Waals surface area contributed by atoms with Crippen LogP contribution in [-0.4, -0.2) is 49.2 Å². The van der Waals surface area contributed by atoms with Crippen LogP contribution in [0.1, 0.15) is 70.3 Å². The Morgan fingerprint density at radius 1 is 0.964 bits per heavy atom. The molecule has 2 saturated heterocycles. The highest BCUT2D eigenvalue weighted by atomic mass is 32.2. The van der Waals surface area contributed by atoms with Crippen molar-refractivity contribution in [1.82, 2.24) is 9.21 Å². The Bertz CT molecular complexity index is 738. The van der Waals surface area contributed by atoms with E-state index < -0.39 is 10.0 Å². The van der Waals surface area contributed by atoms with Crippen molar-refractivity contribution in [3.8, 4) is 0 Å². The molecule has 6 heteroatoms. The van der Waals surface area contributed by atoms with E-state index in [-0.39, 0.29) is 5.91 Å². The number of amides is 1. The topological polar surface area (TPSA) is 57.7 Å². The van der Waals surface area contributed by atoms with Gasteiger partial charge in [0, 0.05) is 32.1 Å². The molecule has 1 amide bonds. The number of rotatable bonds is 6. The lowest BCUT2D eigenvalue weighted by atomic mass is 9.99. The number of piperidine rings is 1. The van der Waals surface area contributed by atoms with Gasteiger partial charge in [-0.15, -0.1) is 0 Å². The van der Waals surface area contributed by atoms with E-state index in [0.29, 0.717) is 36.9 Å². The van der Waals surface area contributed by atoms with Gasteiger partial charge < -0.3 is 4.90 Å². The fourth-order valence-corrected chi connectivity index (χ4v) is 5.92. The van der Waals surface area contributed by atoms with Crippen LogP contribution < -0.4 is 0 Å². The number of benzene rings is 1. The Kier molecular flexibility index (Phi) is 7.52. The molecular formula is C22H34N2O3S. The lowest BCUT2D eigenvalue weighted by Crippen LogP contribution is -2.43. The largest absolute Gasteiger partial charge is 0.340 e. The van der Waals surface area contributed by atoms with E-state index in [9.17, 15) is 13.2 Å². The van der Waals surface area contributed by atoms with Crippen molar-refractivity contribution in [1.29, 1.82) is 0 Å². The number of hydrogen-bond donors (Lipinski definition) is 0. The third-order valence-electron chi connectivity index (χ3n) is 6.17. The van der Waals surface area contributed by atoms with Gasteiger partial charge in [0.15, 0.2) is 0 Å². The molecule has 2 aliphatic heterocycles. The molecule has 2 heterocycles. The van der Waals surface area contributed by atoms with Crippen LogP contribution in [0.5, 0.6) is 0 Å². The average molecular weight is 407 g/mol. The summed E-state index contributed by atoms with van der Waals surface area (Å²) in [5, 5.41) is 0. The summed E-state index contributed by atoms with van der Waals surface area (Å²) in [6.07, 6.45) is 9.71. The lowest BCUT2D eigenvalue weighted by Gasteiger charge is -2.35. The number of likely N-dealkylation sites (tertiary alicyclic amines) is 1. The first-order chi connectivity index (χ1) is 13.5. The minimum Gasteiger partial charge on any atom is -0.340 e. The maximum atomic E-state index is 12.9. The Morgan fingerprint density at radius 2 is 1.61 bits per heavy atom. The van der Waals surface area contributed by atoms with Gasteiger partial charge in [-0.3, -0.25) is 4.79 Å². The van der Waals surface area contributed by atoms with Gasteiger partial charge in [0.25, 0.3) is 0 Å². The molecule has 2 aliphatic rings. The van der Waals surface area contributed by atoms with E-state index >= 15 is 0 Å². The normalized spacial score (nSPS) is 22.0. The van der Waals surface area contributed by atoms with Crippen molar-refractivity contribution >= 4 is 15.9 Å². The molecule has 1 unspecified atom stereocenters. The molecule has 1 aromatic carbocycles. The molecule has 156 valence electrons. The van der Waals surface area contributed by atoms with Crippen molar-refractivity contribution in [2.75, 3.05) is 19.6 Å². The molecule has 5 nitrogen and oxygen atoms in total. The second-order valence-corrected chi connectivity index (χ2v) is 10.0. The fraction of sp³-hybridized carbons (Fsp3) is 0.682. The van der Waals surface area contributed by atoms with Gasteiger partial charge in [0.2, 0.25) is 15.9 Å². The SMILES string of the molecule is CCC1CCCCN1C(=O)CCc1ccc(S(=O)(=O)N2CCCCCC2)cc1. The predicted octanol–water partition coefficient (Wildman–Crippen LogP) is 3.98. The highest BCUT2D eigenvalue weighted by molar-refractivity contribution is 7.89. The van der Waals surface area contributed by atoms with Gasteiger partial charge in [-0.25, -0.2) is 8.42 Å². The zero-order valence-electron chi connectivity index (χ0n) is 17.1. The quantitative estimate of drug-likeness (QED) is 0.718. The maximum absolute atomic E-state index is 12.9. The third kappa shape index (κ3) is 5.15. The van der Waals surface area contributed by atoms with Crippen molar-refractivity contribution < 1.29 is 13.2 Å². The molecular weight excluding hydrogens is 372 g/mol. The second-order valence-electron chi connectivity index (χ2n) is 8.11. The van der Waals surface area contributed by atoms with E-state index in [1.165, 1.54) is 6.42 Å². The van der Waals surface area contributed by atoms with Crippen molar-refractivity contribution in [2.24, 2.45) is 0 Å². The highest BCUT2D eigenvalue weighted by Gasteiger charge is 2.26. The van der Waals surface area contributed by atoms with Gasteiger partial charge in [0.05, 0.1) is 4.90 Å². The van der Waals surface area contributed by atoms with Gasteiger partial charge in [-0.05, 0) is 62.6 Å². The van der Waals surface area contributed by atoms with Crippen LogP contribution in [0.15, 0.2) is 29.2 Å². The van der Waals surface area contributed by atoms with Gasteiger partial charge in [-0.1, -0.05) is 31.9 Å². The Hall–Kier alpha value is -1.40. The lowest BCUT2D eigenvalue weighted by molar-refractivity contribution is -0.134. The van der Waals surface area contributed by atoms with Crippen LogP contribution in [0.2, 0.25) is 0 Å². The summed E-state index contributed by atoms with van der Waals surface area (Å²) in [6, 6.07) is 7.53. The first-order valence-corrected chi connectivity index (χ1v) is 12.3. The molecule has 0 saturated carbocycles. The molecule has 1 aromatic rings. The number of hydrogen-bond acceptors (Lipinski definition) is 3. The second kappa shape index (κ2) is 9.88. The van der Waals surface area contributed by atoms with Gasteiger partial charge in [-0.2, -0.15) is 4.31 Å². The number of carbonyl (C=O) groups is 1. The zero-order chi connectivity index (χ0) is 20.0. The predicted molar refractivity (Wildman–Crippen MR) is 112 cm³/mol. The number of carbonyl (C=O) groups excluding carboxylic acids is 1. The summed E-state index contributed by atoms with van der Waals surface area (Å²) in [5.41, 5.74) is 1.02. The first-order valence-electron chi connectivity index (χ1n) is 10.9. The van der Waals surface area contributed by atoms with Crippen LogP contribution in [0.3, 0.4) is 0 Å². The minimum atomic E-state index is -3.40.